The highest BCUT2D eigenvalue weighted by molar-refractivity contribution is 7.16. The van der Waals surface area contributed by atoms with Crippen molar-refractivity contribution in [3.05, 3.63) is 21.1 Å². The Hall–Kier alpha value is -1.65. The van der Waals surface area contributed by atoms with Gasteiger partial charge in [-0.2, -0.15) is 5.26 Å². The predicted octanol–water partition coefficient (Wildman–Crippen LogP) is 2.70. The molecule has 6 nitrogen and oxygen atoms in total. The molecule has 2 atom stereocenters. The van der Waals surface area contributed by atoms with E-state index in [9.17, 15) is 15.2 Å². The van der Waals surface area contributed by atoms with Crippen LogP contribution in [0.25, 0.3) is 0 Å². The van der Waals surface area contributed by atoms with Crippen LogP contribution in [0.15, 0.2) is 6.07 Å². The van der Waals surface area contributed by atoms with Crippen molar-refractivity contribution in [3.8, 4) is 6.07 Å². The van der Waals surface area contributed by atoms with Crippen molar-refractivity contribution in [2.75, 3.05) is 18.0 Å². The molecule has 0 fully saturated rings. The summed E-state index contributed by atoms with van der Waals surface area (Å²) in [6, 6.07) is 3.53. The van der Waals surface area contributed by atoms with E-state index in [1.165, 1.54) is 17.4 Å². The summed E-state index contributed by atoms with van der Waals surface area (Å²) in [5.74, 6) is -0.211. The first kappa shape index (κ1) is 15.4. The highest BCUT2D eigenvalue weighted by Gasteiger charge is 2.25. The van der Waals surface area contributed by atoms with Gasteiger partial charge in [0.25, 0.3) is 0 Å². The number of rotatable bonds is 6. The third-order valence-corrected chi connectivity index (χ3v) is 4.06. The molecule has 0 saturated heterocycles. The maximum atomic E-state index is 11.1. The average molecular weight is 283 g/mol. The Labute approximate surface area is 116 Å². The van der Waals surface area contributed by atoms with Crippen molar-refractivity contribution in [2.45, 2.75) is 26.9 Å². The third-order valence-electron chi connectivity index (χ3n) is 2.70. The van der Waals surface area contributed by atoms with Crippen LogP contribution in [-0.2, 0) is 0 Å². The quantitative estimate of drug-likeness (QED) is 0.640. The standard InChI is InChI=1S/C12H17N3O3S/c1-4-14(7-8(2)6-13)12-10(15(17)18)5-11(19-12)9(3)16/h5,8-9,16H,4,7H2,1-3H3/t8?,9-/m1/s1. The third kappa shape index (κ3) is 3.66. The molecule has 104 valence electrons. The van der Waals surface area contributed by atoms with E-state index in [-0.39, 0.29) is 11.6 Å². The maximum Gasteiger partial charge on any atom is 0.304 e. The van der Waals surface area contributed by atoms with E-state index in [4.69, 9.17) is 5.26 Å². The zero-order valence-corrected chi connectivity index (χ0v) is 12.0. The number of nitrogens with zero attached hydrogens (tertiary/aromatic N) is 3. The highest BCUT2D eigenvalue weighted by Crippen LogP contribution is 2.40. The lowest BCUT2D eigenvalue weighted by Crippen LogP contribution is -2.27. The van der Waals surface area contributed by atoms with E-state index in [1.807, 2.05) is 11.8 Å². The number of hydrogen-bond acceptors (Lipinski definition) is 6. The van der Waals surface area contributed by atoms with Crippen molar-refractivity contribution in [1.82, 2.24) is 0 Å². The molecule has 0 amide bonds. The zero-order valence-electron chi connectivity index (χ0n) is 11.2. The summed E-state index contributed by atoms with van der Waals surface area (Å²) >= 11 is 1.21. The molecule has 1 aromatic rings. The van der Waals surface area contributed by atoms with Crippen molar-refractivity contribution in [3.63, 3.8) is 0 Å². The predicted molar refractivity (Wildman–Crippen MR) is 74.3 cm³/mol. The maximum absolute atomic E-state index is 11.1. The van der Waals surface area contributed by atoms with Gasteiger partial charge in [-0.1, -0.05) is 0 Å². The van der Waals surface area contributed by atoms with Gasteiger partial charge >= 0.3 is 5.69 Å². The van der Waals surface area contributed by atoms with Crippen molar-refractivity contribution in [1.29, 1.82) is 5.26 Å². The van der Waals surface area contributed by atoms with Gasteiger partial charge in [-0.3, -0.25) is 10.1 Å². The van der Waals surface area contributed by atoms with Crippen LogP contribution in [-0.4, -0.2) is 23.1 Å². The first-order valence-corrected chi connectivity index (χ1v) is 6.83. The minimum atomic E-state index is -0.732. The normalized spacial score (nSPS) is 13.6. The van der Waals surface area contributed by atoms with E-state index in [1.54, 1.807) is 13.8 Å². The Morgan fingerprint density at radius 3 is 2.68 bits per heavy atom. The summed E-state index contributed by atoms with van der Waals surface area (Å²) in [6.45, 7) is 6.25. The second-order valence-electron chi connectivity index (χ2n) is 4.34. The Bertz CT molecular complexity index is 493. The molecule has 0 bridgehead atoms. The van der Waals surface area contributed by atoms with Gasteiger partial charge in [0, 0.05) is 24.0 Å². The van der Waals surface area contributed by atoms with Crippen molar-refractivity contribution >= 4 is 22.0 Å². The molecule has 0 saturated carbocycles. The molecular formula is C12H17N3O3S. The van der Waals surface area contributed by atoms with Gasteiger partial charge in [0.2, 0.25) is 0 Å². The van der Waals surface area contributed by atoms with Crippen LogP contribution in [0.3, 0.4) is 0 Å². The summed E-state index contributed by atoms with van der Waals surface area (Å²) in [5, 5.41) is 30.0. The number of aliphatic hydroxyl groups excluding tert-OH is 1. The molecule has 0 spiro atoms. The fourth-order valence-electron chi connectivity index (χ4n) is 1.68. The summed E-state index contributed by atoms with van der Waals surface area (Å²) < 4.78 is 0. The van der Waals surface area contributed by atoms with Crippen LogP contribution in [0.2, 0.25) is 0 Å². The van der Waals surface area contributed by atoms with E-state index >= 15 is 0 Å². The molecule has 7 heteroatoms. The minimum Gasteiger partial charge on any atom is -0.388 e. The van der Waals surface area contributed by atoms with Crippen LogP contribution in [0.5, 0.6) is 0 Å². The molecule has 0 aliphatic rings. The molecular weight excluding hydrogens is 266 g/mol. The van der Waals surface area contributed by atoms with E-state index in [2.05, 4.69) is 6.07 Å². The van der Waals surface area contributed by atoms with Gasteiger partial charge in [-0.05, 0) is 20.8 Å². The van der Waals surface area contributed by atoms with Gasteiger partial charge in [0.1, 0.15) is 0 Å². The molecule has 0 radical (unpaired) electrons. The van der Waals surface area contributed by atoms with Gasteiger partial charge in [-0.15, -0.1) is 11.3 Å². The Morgan fingerprint density at radius 1 is 1.63 bits per heavy atom. The Balaban J connectivity index is 3.15. The fraction of sp³-hybridized carbons (Fsp3) is 0.583. The van der Waals surface area contributed by atoms with Crippen LogP contribution >= 0.6 is 11.3 Å². The van der Waals surface area contributed by atoms with Crippen molar-refractivity contribution in [2.24, 2.45) is 5.92 Å². The summed E-state index contributed by atoms with van der Waals surface area (Å²) in [5.41, 5.74) is -0.00658. The van der Waals surface area contributed by atoms with Crippen molar-refractivity contribution < 1.29 is 10.0 Å². The Kier molecular flexibility index (Phi) is 5.27. The van der Waals surface area contributed by atoms with Crippen LogP contribution in [0.4, 0.5) is 10.7 Å². The van der Waals surface area contributed by atoms with Gasteiger partial charge in [0.15, 0.2) is 5.00 Å². The lowest BCUT2D eigenvalue weighted by Gasteiger charge is -2.21. The molecule has 1 rings (SSSR count). The number of thiophene rings is 1. The molecule has 19 heavy (non-hydrogen) atoms. The molecule has 0 aliphatic carbocycles. The minimum absolute atomic E-state index is 0.00658. The number of aliphatic hydroxyl groups is 1. The molecule has 1 unspecified atom stereocenters. The largest absolute Gasteiger partial charge is 0.388 e. The smallest absolute Gasteiger partial charge is 0.304 e. The lowest BCUT2D eigenvalue weighted by atomic mass is 10.2. The Morgan fingerprint density at radius 2 is 2.26 bits per heavy atom. The molecule has 1 aromatic heterocycles. The molecule has 1 N–H and O–H groups in total. The van der Waals surface area contributed by atoms with E-state index in [0.717, 1.165) is 0 Å². The topological polar surface area (TPSA) is 90.4 Å². The van der Waals surface area contributed by atoms with Gasteiger partial charge in [0.05, 0.1) is 23.0 Å². The van der Waals surface area contributed by atoms with E-state index < -0.39 is 11.0 Å². The lowest BCUT2D eigenvalue weighted by molar-refractivity contribution is -0.383. The summed E-state index contributed by atoms with van der Waals surface area (Å²) in [6.07, 6.45) is -0.732. The van der Waals surface area contributed by atoms with Crippen LogP contribution in [0.1, 0.15) is 31.8 Å². The van der Waals surface area contributed by atoms with Crippen LogP contribution in [0, 0.1) is 27.4 Å². The zero-order chi connectivity index (χ0) is 14.6. The highest BCUT2D eigenvalue weighted by atomic mass is 32.1. The second-order valence-corrected chi connectivity index (χ2v) is 5.40. The second kappa shape index (κ2) is 6.50. The molecule has 0 aliphatic heterocycles. The molecule has 1 heterocycles. The number of nitriles is 1. The number of hydrogen-bond donors (Lipinski definition) is 1. The summed E-state index contributed by atoms with van der Waals surface area (Å²) in [4.78, 5) is 13.0. The SMILES string of the molecule is CCN(CC(C)C#N)c1sc([C@@H](C)O)cc1[N+](=O)[O-]. The average Bonchev–Trinajstić information content (AvgIpc) is 2.80. The number of anilines is 1. The van der Waals surface area contributed by atoms with Crippen LogP contribution < -0.4 is 4.90 Å². The van der Waals surface area contributed by atoms with E-state index in [0.29, 0.717) is 23.0 Å². The number of nitro groups is 1. The fourth-order valence-corrected chi connectivity index (χ4v) is 2.82. The van der Waals surface area contributed by atoms with Gasteiger partial charge in [-0.25, -0.2) is 0 Å². The van der Waals surface area contributed by atoms with Gasteiger partial charge < -0.3 is 10.0 Å². The first-order chi connectivity index (χ1) is 8.90. The monoisotopic (exact) mass is 283 g/mol. The first-order valence-electron chi connectivity index (χ1n) is 6.01. The summed E-state index contributed by atoms with van der Waals surface area (Å²) in [7, 11) is 0. The molecule has 0 aromatic carbocycles.